The van der Waals surface area contributed by atoms with Gasteiger partial charge in [0.2, 0.25) is 0 Å². The lowest BCUT2D eigenvalue weighted by Gasteiger charge is -2.44. The van der Waals surface area contributed by atoms with Gasteiger partial charge in [-0.3, -0.25) is 19.8 Å². The second-order valence-corrected chi connectivity index (χ2v) is 12.2. The van der Waals surface area contributed by atoms with Crippen molar-refractivity contribution in [2.24, 2.45) is 0 Å². The first-order valence-electron chi connectivity index (χ1n) is 14.8. The number of hydrogen-bond acceptors (Lipinski definition) is 5. The van der Waals surface area contributed by atoms with E-state index >= 15 is 4.79 Å². The summed E-state index contributed by atoms with van der Waals surface area (Å²) in [6, 6.07) is 33.2. The maximum atomic E-state index is 15.1. The van der Waals surface area contributed by atoms with Crippen LogP contribution in [0, 0.1) is 10.1 Å². The minimum Gasteiger partial charge on any atom is -0.478 e. The zero-order valence-corrected chi connectivity index (χ0v) is 22.9. The molecule has 2 saturated heterocycles. The monoisotopic (exact) mass is 552 g/mol. The van der Waals surface area contributed by atoms with Crippen molar-refractivity contribution in [3.05, 3.63) is 135 Å². The molecule has 9 rings (SSSR count). The van der Waals surface area contributed by atoms with Crippen molar-refractivity contribution in [1.82, 2.24) is 4.90 Å². The fourth-order valence-electron chi connectivity index (χ4n) is 9.24. The summed E-state index contributed by atoms with van der Waals surface area (Å²) in [7, 11) is 0. The number of ketones is 1. The van der Waals surface area contributed by atoms with Gasteiger partial charge in [0.1, 0.15) is 11.3 Å². The van der Waals surface area contributed by atoms with Gasteiger partial charge in [0, 0.05) is 28.2 Å². The van der Waals surface area contributed by atoms with Crippen LogP contribution in [-0.2, 0) is 5.54 Å². The first-order chi connectivity index (χ1) is 20.6. The Balaban J connectivity index is 1.44. The van der Waals surface area contributed by atoms with E-state index in [0.717, 1.165) is 51.1 Å². The lowest BCUT2D eigenvalue weighted by atomic mass is 9.62. The van der Waals surface area contributed by atoms with Crippen molar-refractivity contribution in [2.45, 2.75) is 48.4 Å². The molecule has 3 heterocycles. The predicted octanol–water partition coefficient (Wildman–Crippen LogP) is 7.19. The number of fused-ring (bicyclic) bond motifs is 9. The van der Waals surface area contributed by atoms with E-state index < -0.39 is 29.1 Å². The van der Waals surface area contributed by atoms with Crippen LogP contribution in [0.25, 0.3) is 21.5 Å². The Kier molecular flexibility index (Phi) is 4.74. The fourth-order valence-corrected chi connectivity index (χ4v) is 9.24. The highest BCUT2D eigenvalue weighted by atomic mass is 16.6. The van der Waals surface area contributed by atoms with Gasteiger partial charge in [-0.05, 0) is 46.0 Å². The van der Waals surface area contributed by atoms with Crippen LogP contribution in [0.15, 0.2) is 103 Å². The summed E-state index contributed by atoms with van der Waals surface area (Å²) in [6.07, 6.45) is 1.50. The summed E-state index contributed by atoms with van der Waals surface area (Å²) in [5.74, 6) is -0.154. The SMILES string of the molecule is O=C1c2cccc3cccc(c23)[C@]12[C@@H]1c3ccccc3O[C@@H](c3cccc4ccccc34)[C@]1([N+](=O)[O-])[C@H]1CCCCN12. The summed E-state index contributed by atoms with van der Waals surface area (Å²) in [5, 5.41) is 18.0. The van der Waals surface area contributed by atoms with Crippen molar-refractivity contribution in [1.29, 1.82) is 0 Å². The van der Waals surface area contributed by atoms with Crippen molar-refractivity contribution >= 4 is 27.3 Å². The van der Waals surface area contributed by atoms with Crippen molar-refractivity contribution in [3.8, 4) is 5.75 Å². The van der Waals surface area contributed by atoms with E-state index in [-0.39, 0.29) is 10.7 Å². The molecule has 206 valence electrons. The minimum atomic E-state index is -1.60. The van der Waals surface area contributed by atoms with E-state index in [1.54, 1.807) is 0 Å². The van der Waals surface area contributed by atoms with Crippen LogP contribution in [0.5, 0.6) is 5.75 Å². The van der Waals surface area contributed by atoms with E-state index in [1.165, 1.54) is 0 Å². The summed E-state index contributed by atoms with van der Waals surface area (Å²) in [6.45, 7) is 0.622. The van der Waals surface area contributed by atoms with E-state index in [2.05, 4.69) is 4.90 Å². The Morgan fingerprint density at radius 3 is 2.40 bits per heavy atom. The van der Waals surface area contributed by atoms with Gasteiger partial charge >= 0.3 is 0 Å². The van der Waals surface area contributed by atoms with Crippen LogP contribution >= 0.6 is 0 Å². The largest absolute Gasteiger partial charge is 0.478 e. The molecular formula is C36H28N2O4. The molecule has 1 spiro atoms. The standard InChI is InChI=1S/C36H28N2O4/c39-33-27-17-8-12-23-13-9-18-28(31(23)27)35(33)32-26-15-3-4-19-29(26)42-34(25-16-7-11-22-10-1-2-14-24(22)25)36(32,38(40)41)30-20-5-6-21-37(30)35/h1-4,7-19,30,32,34H,5-6,20-21H2/t30-,32+,34+,35+,36+/m1/s1. The zero-order chi connectivity index (χ0) is 28.2. The van der Waals surface area contributed by atoms with Gasteiger partial charge in [0.05, 0.1) is 12.0 Å². The lowest BCUT2D eigenvalue weighted by molar-refractivity contribution is -0.592. The first-order valence-corrected chi connectivity index (χ1v) is 14.8. The Morgan fingerprint density at radius 2 is 1.52 bits per heavy atom. The van der Waals surface area contributed by atoms with Gasteiger partial charge in [-0.25, -0.2) is 0 Å². The number of carbonyl (C=O) groups excluding carboxylic acids is 1. The van der Waals surface area contributed by atoms with E-state index in [9.17, 15) is 10.1 Å². The molecule has 4 aliphatic rings. The molecule has 42 heavy (non-hydrogen) atoms. The topological polar surface area (TPSA) is 72.7 Å². The highest BCUT2D eigenvalue weighted by molar-refractivity contribution is 6.21. The second-order valence-electron chi connectivity index (χ2n) is 12.2. The summed E-state index contributed by atoms with van der Waals surface area (Å²) < 4.78 is 6.86. The lowest BCUT2D eigenvalue weighted by Crippen LogP contribution is -2.60. The number of benzene rings is 5. The molecule has 3 aliphatic heterocycles. The van der Waals surface area contributed by atoms with E-state index in [1.807, 2.05) is 103 Å². The molecule has 5 aromatic carbocycles. The number of ether oxygens (including phenoxy) is 1. The number of para-hydroxylation sites is 1. The summed E-state index contributed by atoms with van der Waals surface area (Å²) >= 11 is 0. The van der Waals surface area contributed by atoms with Crippen LogP contribution in [0.4, 0.5) is 0 Å². The Labute approximate surface area is 242 Å². The molecule has 0 bridgehead atoms. The third kappa shape index (κ3) is 2.63. The third-order valence-corrected chi connectivity index (χ3v) is 10.6. The summed E-state index contributed by atoms with van der Waals surface area (Å²) in [4.78, 5) is 31.4. The molecule has 0 unspecified atom stereocenters. The minimum absolute atomic E-state index is 0.0247. The molecule has 6 nitrogen and oxygen atoms in total. The average molecular weight is 553 g/mol. The van der Waals surface area contributed by atoms with Crippen LogP contribution < -0.4 is 4.74 Å². The average Bonchev–Trinajstić information content (AvgIpc) is 3.46. The van der Waals surface area contributed by atoms with E-state index in [4.69, 9.17) is 4.74 Å². The van der Waals surface area contributed by atoms with Gasteiger partial charge in [0.15, 0.2) is 11.9 Å². The molecule has 0 amide bonds. The Hall–Kier alpha value is -4.55. The molecule has 6 heteroatoms. The zero-order valence-electron chi connectivity index (χ0n) is 22.9. The number of hydrogen-bond donors (Lipinski definition) is 0. The van der Waals surface area contributed by atoms with Gasteiger partial charge in [0.25, 0.3) is 5.54 Å². The molecule has 0 radical (unpaired) electrons. The van der Waals surface area contributed by atoms with E-state index in [0.29, 0.717) is 24.3 Å². The molecular weight excluding hydrogens is 524 g/mol. The molecule has 5 atom stereocenters. The number of nitro groups is 1. The maximum absolute atomic E-state index is 15.1. The molecule has 2 fully saturated rings. The molecule has 0 aromatic heterocycles. The van der Waals surface area contributed by atoms with Gasteiger partial charge in [-0.1, -0.05) is 103 Å². The Bertz CT molecular complexity index is 1980. The van der Waals surface area contributed by atoms with Gasteiger partial charge < -0.3 is 4.74 Å². The molecule has 1 aliphatic carbocycles. The van der Waals surface area contributed by atoms with Crippen molar-refractivity contribution in [3.63, 3.8) is 0 Å². The molecule has 0 saturated carbocycles. The first kappa shape index (κ1) is 24.1. The van der Waals surface area contributed by atoms with Crippen molar-refractivity contribution in [2.75, 3.05) is 6.54 Å². The van der Waals surface area contributed by atoms with Gasteiger partial charge in [-0.2, -0.15) is 0 Å². The number of carbonyl (C=O) groups is 1. The van der Waals surface area contributed by atoms with Gasteiger partial charge in [-0.15, -0.1) is 0 Å². The second kappa shape index (κ2) is 8.26. The van der Waals surface area contributed by atoms with Crippen LogP contribution in [0.1, 0.15) is 58.3 Å². The van der Waals surface area contributed by atoms with Crippen LogP contribution in [0.2, 0.25) is 0 Å². The highest BCUT2D eigenvalue weighted by Crippen LogP contribution is 2.70. The highest BCUT2D eigenvalue weighted by Gasteiger charge is 2.82. The smallest absolute Gasteiger partial charge is 0.287 e. The normalized spacial score (nSPS) is 29.3. The van der Waals surface area contributed by atoms with Crippen molar-refractivity contribution < 1.29 is 14.5 Å². The molecule has 0 N–H and O–H groups in total. The maximum Gasteiger partial charge on any atom is 0.287 e. The number of Topliss-reactive ketones (excluding diaryl/α,β-unsaturated/α-hetero) is 1. The fraction of sp³-hybridized carbons (Fsp3) is 0.250. The predicted molar refractivity (Wildman–Crippen MR) is 161 cm³/mol. The number of rotatable bonds is 2. The number of nitrogens with zero attached hydrogens (tertiary/aromatic N) is 2. The van der Waals surface area contributed by atoms with Crippen LogP contribution in [-0.4, -0.2) is 33.7 Å². The Morgan fingerprint density at radius 1 is 0.810 bits per heavy atom. The summed E-state index contributed by atoms with van der Waals surface area (Å²) in [5.41, 5.74) is 0.307. The third-order valence-electron chi connectivity index (χ3n) is 10.6. The van der Waals surface area contributed by atoms with Crippen LogP contribution in [0.3, 0.4) is 0 Å². The quantitative estimate of drug-likeness (QED) is 0.171. The molecule has 5 aromatic rings. The number of piperidine rings is 1.